The fourth-order valence-corrected chi connectivity index (χ4v) is 2.00. The molecule has 1 amide bonds. The summed E-state index contributed by atoms with van der Waals surface area (Å²) in [5.74, 6) is 0.110. The van der Waals surface area contributed by atoms with Crippen molar-refractivity contribution in [2.24, 2.45) is 5.41 Å². The van der Waals surface area contributed by atoms with E-state index < -0.39 is 0 Å². The Kier molecular flexibility index (Phi) is 3.93. The minimum atomic E-state index is -0.193. The lowest BCUT2D eigenvalue weighted by Gasteiger charge is -2.32. The summed E-state index contributed by atoms with van der Waals surface area (Å²) >= 11 is 0. The highest BCUT2D eigenvalue weighted by atomic mass is 16.3. The predicted octanol–water partition coefficient (Wildman–Crippen LogP) is 1.45. The van der Waals surface area contributed by atoms with Crippen molar-refractivity contribution in [3.05, 3.63) is 0 Å². The fraction of sp³-hybridized carbons (Fsp3) is 0.909. The molecule has 0 aromatic carbocycles. The Morgan fingerprint density at radius 3 is 2.50 bits per heavy atom. The largest absolute Gasteiger partial charge is 0.394 e. The minimum absolute atomic E-state index is 0.0157. The van der Waals surface area contributed by atoms with Crippen LogP contribution in [0.25, 0.3) is 0 Å². The maximum Gasteiger partial charge on any atom is 0.226 e. The summed E-state index contributed by atoms with van der Waals surface area (Å²) in [4.78, 5) is 11.9. The van der Waals surface area contributed by atoms with Crippen LogP contribution in [0.2, 0.25) is 0 Å². The van der Waals surface area contributed by atoms with Crippen LogP contribution in [0.15, 0.2) is 0 Å². The molecule has 1 atom stereocenters. The zero-order valence-electron chi connectivity index (χ0n) is 9.18. The molecule has 2 N–H and O–H groups in total. The molecule has 0 saturated heterocycles. The number of rotatable bonds is 3. The maximum atomic E-state index is 11.9. The summed E-state index contributed by atoms with van der Waals surface area (Å²) in [5.41, 5.74) is -0.193. The Morgan fingerprint density at radius 1 is 1.43 bits per heavy atom. The lowest BCUT2D eigenvalue weighted by atomic mass is 9.75. The van der Waals surface area contributed by atoms with Gasteiger partial charge in [-0.25, -0.2) is 0 Å². The standard InChI is InChI=1S/C11H21NO2/c1-9(8-13)12-10(14)11(2)6-4-3-5-7-11/h9,13H,3-8H2,1-2H3,(H,12,14)/t9-/m1/s1. The highest BCUT2D eigenvalue weighted by Crippen LogP contribution is 2.35. The van der Waals surface area contributed by atoms with Gasteiger partial charge in [0.2, 0.25) is 5.91 Å². The molecule has 0 bridgehead atoms. The normalized spacial score (nSPS) is 22.8. The number of nitrogens with one attached hydrogen (secondary N) is 1. The van der Waals surface area contributed by atoms with E-state index in [1.54, 1.807) is 0 Å². The second kappa shape index (κ2) is 4.78. The van der Waals surface area contributed by atoms with Gasteiger partial charge in [0, 0.05) is 11.5 Å². The fourth-order valence-electron chi connectivity index (χ4n) is 2.00. The molecule has 1 saturated carbocycles. The molecule has 1 rings (SSSR count). The van der Waals surface area contributed by atoms with E-state index in [4.69, 9.17) is 5.11 Å². The number of hydrogen-bond acceptors (Lipinski definition) is 2. The summed E-state index contributed by atoms with van der Waals surface area (Å²) in [6.07, 6.45) is 5.52. The molecule has 0 aromatic rings. The molecule has 0 aromatic heterocycles. The highest BCUT2D eigenvalue weighted by molar-refractivity contribution is 5.82. The van der Waals surface area contributed by atoms with Gasteiger partial charge in [-0.3, -0.25) is 4.79 Å². The van der Waals surface area contributed by atoms with E-state index >= 15 is 0 Å². The second-order valence-corrected chi connectivity index (χ2v) is 4.68. The second-order valence-electron chi connectivity index (χ2n) is 4.68. The molecule has 14 heavy (non-hydrogen) atoms. The van der Waals surface area contributed by atoms with Crippen molar-refractivity contribution < 1.29 is 9.90 Å². The first-order chi connectivity index (χ1) is 6.58. The average Bonchev–Trinajstić information content (AvgIpc) is 2.18. The number of aliphatic hydroxyl groups is 1. The Labute approximate surface area is 85.9 Å². The van der Waals surface area contributed by atoms with Crippen LogP contribution in [-0.2, 0) is 4.79 Å². The molecule has 3 heteroatoms. The third kappa shape index (κ3) is 2.71. The van der Waals surface area contributed by atoms with E-state index in [2.05, 4.69) is 5.32 Å². The number of carbonyl (C=O) groups excluding carboxylic acids is 1. The molecule has 3 nitrogen and oxygen atoms in total. The summed E-state index contributed by atoms with van der Waals surface area (Å²) in [7, 11) is 0. The zero-order chi connectivity index (χ0) is 10.6. The van der Waals surface area contributed by atoms with Crippen molar-refractivity contribution in [2.75, 3.05) is 6.61 Å². The van der Waals surface area contributed by atoms with Gasteiger partial charge in [0.15, 0.2) is 0 Å². The van der Waals surface area contributed by atoms with Crippen LogP contribution in [0.1, 0.15) is 46.0 Å². The van der Waals surface area contributed by atoms with Crippen molar-refractivity contribution in [3.63, 3.8) is 0 Å². The van der Waals surface area contributed by atoms with E-state index in [0.29, 0.717) is 0 Å². The summed E-state index contributed by atoms with van der Waals surface area (Å²) in [5, 5.41) is 11.7. The van der Waals surface area contributed by atoms with Gasteiger partial charge in [-0.15, -0.1) is 0 Å². The van der Waals surface area contributed by atoms with E-state index in [1.165, 1.54) is 6.42 Å². The van der Waals surface area contributed by atoms with Gasteiger partial charge in [0.1, 0.15) is 0 Å². The summed E-state index contributed by atoms with van der Waals surface area (Å²) in [6.45, 7) is 3.87. The monoisotopic (exact) mass is 199 g/mol. The molecule has 0 aliphatic heterocycles. The van der Waals surface area contributed by atoms with E-state index in [1.807, 2.05) is 13.8 Å². The van der Waals surface area contributed by atoms with Crippen LogP contribution < -0.4 is 5.32 Å². The Hall–Kier alpha value is -0.570. The summed E-state index contributed by atoms with van der Waals surface area (Å²) < 4.78 is 0. The Bertz CT molecular complexity index is 197. The molecule has 1 fully saturated rings. The van der Waals surface area contributed by atoms with Gasteiger partial charge < -0.3 is 10.4 Å². The molecule has 0 radical (unpaired) electrons. The summed E-state index contributed by atoms with van der Waals surface area (Å²) in [6, 6.07) is -0.124. The van der Waals surface area contributed by atoms with Gasteiger partial charge in [-0.05, 0) is 19.8 Å². The van der Waals surface area contributed by atoms with Crippen LogP contribution in [0.3, 0.4) is 0 Å². The third-order valence-corrected chi connectivity index (χ3v) is 3.16. The molecule has 0 heterocycles. The van der Waals surface area contributed by atoms with E-state index in [9.17, 15) is 4.79 Å². The third-order valence-electron chi connectivity index (χ3n) is 3.16. The van der Waals surface area contributed by atoms with E-state index in [-0.39, 0.29) is 24.0 Å². The first-order valence-electron chi connectivity index (χ1n) is 5.50. The lowest BCUT2D eigenvalue weighted by molar-refractivity contribution is -0.132. The van der Waals surface area contributed by atoms with Gasteiger partial charge in [0.25, 0.3) is 0 Å². The number of carbonyl (C=O) groups is 1. The first-order valence-corrected chi connectivity index (χ1v) is 5.50. The SMILES string of the molecule is C[C@H](CO)NC(=O)C1(C)CCCCC1. The molecule has 1 aliphatic carbocycles. The van der Waals surface area contributed by atoms with Crippen molar-refractivity contribution >= 4 is 5.91 Å². The molecular formula is C11H21NO2. The van der Waals surface area contributed by atoms with Crippen molar-refractivity contribution in [1.82, 2.24) is 5.32 Å². The van der Waals surface area contributed by atoms with Gasteiger partial charge >= 0.3 is 0 Å². The number of hydrogen-bond donors (Lipinski definition) is 2. The smallest absolute Gasteiger partial charge is 0.226 e. The molecule has 0 unspecified atom stereocenters. The predicted molar refractivity (Wildman–Crippen MR) is 55.9 cm³/mol. The quantitative estimate of drug-likeness (QED) is 0.723. The molecular weight excluding hydrogens is 178 g/mol. The van der Waals surface area contributed by atoms with Crippen molar-refractivity contribution in [2.45, 2.75) is 52.0 Å². The van der Waals surface area contributed by atoms with Crippen LogP contribution >= 0.6 is 0 Å². The first kappa shape index (κ1) is 11.5. The van der Waals surface area contributed by atoms with Crippen molar-refractivity contribution in [3.8, 4) is 0 Å². The number of amides is 1. The molecule has 1 aliphatic rings. The average molecular weight is 199 g/mol. The van der Waals surface area contributed by atoms with Crippen LogP contribution in [0.4, 0.5) is 0 Å². The van der Waals surface area contributed by atoms with Gasteiger partial charge in [-0.1, -0.05) is 26.2 Å². The van der Waals surface area contributed by atoms with Gasteiger partial charge in [0.05, 0.1) is 6.61 Å². The molecule has 0 spiro atoms. The van der Waals surface area contributed by atoms with Crippen LogP contribution in [-0.4, -0.2) is 23.7 Å². The zero-order valence-corrected chi connectivity index (χ0v) is 9.18. The van der Waals surface area contributed by atoms with Crippen molar-refractivity contribution in [1.29, 1.82) is 0 Å². The van der Waals surface area contributed by atoms with Crippen LogP contribution in [0, 0.1) is 5.41 Å². The van der Waals surface area contributed by atoms with Crippen LogP contribution in [0.5, 0.6) is 0 Å². The Morgan fingerprint density at radius 2 is 2.00 bits per heavy atom. The highest BCUT2D eigenvalue weighted by Gasteiger charge is 2.34. The van der Waals surface area contributed by atoms with Gasteiger partial charge in [-0.2, -0.15) is 0 Å². The van der Waals surface area contributed by atoms with E-state index in [0.717, 1.165) is 25.7 Å². The maximum absolute atomic E-state index is 11.9. The minimum Gasteiger partial charge on any atom is -0.394 e. The Balaban J connectivity index is 2.49. The topological polar surface area (TPSA) is 49.3 Å². The molecule has 82 valence electrons. The lowest BCUT2D eigenvalue weighted by Crippen LogP contribution is -2.45. The number of aliphatic hydroxyl groups excluding tert-OH is 1.